The molecule has 3 fully saturated rings. The molecule has 0 bridgehead atoms. The molecule has 1 aliphatic carbocycles. The van der Waals surface area contributed by atoms with Gasteiger partial charge in [-0.1, -0.05) is 5.16 Å². The lowest BCUT2D eigenvalue weighted by atomic mass is 10.0. The molecule has 2 saturated heterocycles. The van der Waals surface area contributed by atoms with Gasteiger partial charge in [0.2, 0.25) is 0 Å². The van der Waals surface area contributed by atoms with E-state index in [1.54, 1.807) is 6.33 Å². The monoisotopic (exact) mass is 339 g/mol. The zero-order valence-electron chi connectivity index (χ0n) is 14.3. The lowest BCUT2D eigenvalue weighted by Gasteiger charge is -2.22. The number of amides is 1. The number of likely N-dealkylation sites (tertiary alicyclic amines) is 1. The third kappa shape index (κ3) is 2.58. The number of anilines is 1. The van der Waals surface area contributed by atoms with Crippen LogP contribution in [0.25, 0.3) is 0 Å². The summed E-state index contributed by atoms with van der Waals surface area (Å²) < 4.78 is 5.33. The molecule has 4 heterocycles. The summed E-state index contributed by atoms with van der Waals surface area (Å²) in [4.78, 5) is 25.5. The number of carbonyl (C=O) groups is 1. The quantitative estimate of drug-likeness (QED) is 0.850. The van der Waals surface area contributed by atoms with Crippen LogP contribution in [0.3, 0.4) is 0 Å². The van der Waals surface area contributed by atoms with E-state index in [1.807, 2.05) is 24.1 Å². The summed E-state index contributed by atoms with van der Waals surface area (Å²) in [7, 11) is 0. The molecule has 25 heavy (non-hydrogen) atoms. The van der Waals surface area contributed by atoms with Crippen LogP contribution in [-0.2, 0) is 0 Å². The van der Waals surface area contributed by atoms with Gasteiger partial charge in [-0.25, -0.2) is 9.97 Å². The largest absolute Gasteiger partial charge is 0.360 e. The van der Waals surface area contributed by atoms with Crippen molar-refractivity contribution in [3.63, 3.8) is 0 Å². The second-order valence-corrected chi connectivity index (χ2v) is 7.55. The highest BCUT2D eigenvalue weighted by molar-refractivity contribution is 5.92. The highest BCUT2D eigenvalue weighted by Crippen LogP contribution is 2.40. The maximum Gasteiger partial charge on any atom is 0.276 e. The first-order valence-corrected chi connectivity index (χ1v) is 8.96. The summed E-state index contributed by atoms with van der Waals surface area (Å²) in [6, 6.07) is 1.84. The predicted octanol–water partition coefficient (Wildman–Crippen LogP) is 1.86. The molecule has 2 aromatic heterocycles. The Morgan fingerprint density at radius 2 is 1.96 bits per heavy atom. The van der Waals surface area contributed by atoms with E-state index in [0.717, 1.165) is 56.2 Å². The zero-order chi connectivity index (χ0) is 17.0. The van der Waals surface area contributed by atoms with Gasteiger partial charge in [0.1, 0.15) is 17.9 Å². The van der Waals surface area contributed by atoms with E-state index in [-0.39, 0.29) is 5.91 Å². The lowest BCUT2D eigenvalue weighted by Crippen LogP contribution is -2.33. The molecular formula is C18H21N5O2. The number of fused-ring (bicyclic) bond motifs is 1. The number of aromatic nitrogens is 3. The molecule has 7 heteroatoms. The fraction of sp³-hybridized carbons (Fsp3) is 0.556. The van der Waals surface area contributed by atoms with Crippen molar-refractivity contribution >= 4 is 11.7 Å². The Morgan fingerprint density at radius 3 is 2.64 bits per heavy atom. The Bertz CT molecular complexity index is 801. The Balaban J connectivity index is 1.26. The maximum absolute atomic E-state index is 12.7. The molecule has 2 unspecified atom stereocenters. The first kappa shape index (κ1) is 14.9. The number of aryl methyl sites for hydroxylation is 1. The molecule has 2 aliphatic heterocycles. The van der Waals surface area contributed by atoms with Crippen molar-refractivity contribution in [1.29, 1.82) is 0 Å². The van der Waals surface area contributed by atoms with Gasteiger partial charge in [0.25, 0.3) is 5.91 Å². The van der Waals surface area contributed by atoms with Crippen LogP contribution in [-0.4, -0.2) is 52.1 Å². The van der Waals surface area contributed by atoms with Crippen molar-refractivity contribution < 1.29 is 9.32 Å². The maximum atomic E-state index is 12.7. The SMILES string of the molecule is Cc1cncnc1N1CC2CN(C(=O)c3cc(C4CC4)on3)CC2C1. The molecule has 0 N–H and O–H groups in total. The Labute approximate surface area is 146 Å². The van der Waals surface area contributed by atoms with E-state index >= 15 is 0 Å². The van der Waals surface area contributed by atoms with Gasteiger partial charge in [-0.05, 0) is 19.8 Å². The molecule has 2 atom stereocenters. The van der Waals surface area contributed by atoms with Gasteiger partial charge in [0.05, 0.1) is 0 Å². The van der Waals surface area contributed by atoms with Crippen molar-refractivity contribution in [3.05, 3.63) is 35.6 Å². The average Bonchev–Trinajstić information content (AvgIpc) is 3.04. The minimum Gasteiger partial charge on any atom is -0.360 e. The molecule has 0 radical (unpaired) electrons. The smallest absolute Gasteiger partial charge is 0.276 e. The standard InChI is InChI=1S/C18H21N5O2/c1-11-5-19-10-20-17(11)22-6-13-8-23(9-14(13)7-22)18(24)15-4-16(25-21-15)12-2-3-12/h4-5,10,12-14H,2-3,6-9H2,1H3. The van der Waals surface area contributed by atoms with Crippen LogP contribution < -0.4 is 4.90 Å². The summed E-state index contributed by atoms with van der Waals surface area (Å²) in [5, 5.41) is 4.00. The normalized spacial score (nSPS) is 25.5. The molecule has 3 aliphatic rings. The predicted molar refractivity (Wildman–Crippen MR) is 90.3 cm³/mol. The van der Waals surface area contributed by atoms with Gasteiger partial charge in [-0.3, -0.25) is 4.79 Å². The Morgan fingerprint density at radius 1 is 1.20 bits per heavy atom. The van der Waals surface area contributed by atoms with Crippen molar-refractivity contribution in [2.75, 3.05) is 31.1 Å². The fourth-order valence-corrected chi connectivity index (χ4v) is 4.17. The van der Waals surface area contributed by atoms with E-state index in [9.17, 15) is 4.79 Å². The van der Waals surface area contributed by atoms with Gasteiger partial charge in [0, 0.05) is 61.8 Å². The molecule has 5 rings (SSSR count). The van der Waals surface area contributed by atoms with Gasteiger partial charge >= 0.3 is 0 Å². The summed E-state index contributed by atoms with van der Waals surface area (Å²) in [5.41, 5.74) is 1.57. The second-order valence-electron chi connectivity index (χ2n) is 7.55. The molecule has 2 aromatic rings. The molecule has 0 aromatic carbocycles. The summed E-state index contributed by atoms with van der Waals surface area (Å²) in [6.07, 6.45) is 5.76. The number of carbonyl (C=O) groups excluding carboxylic acids is 1. The fourth-order valence-electron chi connectivity index (χ4n) is 4.17. The van der Waals surface area contributed by atoms with Gasteiger partial charge < -0.3 is 14.3 Å². The topological polar surface area (TPSA) is 75.4 Å². The molecular weight excluding hydrogens is 318 g/mol. The Hall–Kier alpha value is -2.44. The molecule has 130 valence electrons. The van der Waals surface area contributed by atoms with Crippen molar-refractivity contribution in [2.24, 2.45) is 11.8 Å². The van der Waals surface area contributed by atoms with E-state index in [4.69, 9.17) is 4.52 Å². The minimum atomic E-state index is 0.00909. The second kappa shape index (κ2) is 5.54. The van der Waals surface area contributed by atoms with E-state index < -0.39 is 0 Å². The van der Waals surface area contributed by atoms with Crippen LogP contribution >= 0.6 is 0 Å². The van der Waals surface area contributed by atoms with Gasteiger partial charge in [0.15, 0.2) is 5.69 Å². The van der Waals surface area contributed by atoms with Crippen LogP contribution in [0.4, 0.5) is 5.82 Å². The highest BCUT2D eigenvalue weighted by Gasteiger charge is 2.43. The summed E-state index contributed by atoms with van der Waals surface area (Å²) >= 11 is 0. The molecule has 1 amide bonds. The van der Waals surface area contributed by atoms with Crippen LogP contribution in [0.2, 0.25) is 0 Å². The average molecular weight is 339 g/mol. The zero-order valence-corrected chi connectivity index (χ0v) is 14.3. The van der Waals surface area contributed by atoms with Crippen molar-refractivity contribution in [3.8, 4) is 0 Å². The van der Waals surface area contributed by atoms with E-state index in [1.165, 1.54) is 0 Å². The van der Waals surface area contributed by atoms with E-state index in [2.05, 4.69) is 20.0 Å². The summed E-state index contributed by atoms with van der Waals surface area (Å²) in [6.45, 7) is 5.50. The van der Waals surface area contributed by atoms with Crippen LogP contribution in [0.5, 0.6) is 0 Å². The van der Waals surface area contributed by atoms with Crippen molar-refractivity contribution in [2.45, 2.75) is 25.7 Å². The number of hydrogen-bond acceptors (Lipinski definition) is 6. The third-order valence-electron chi connectivity index (χ3n) is 5.67. The van der Waals surface area contributed by atoms with Gasteiger partial charge in [-0.15, -0.1) is 0 Å². The first-order valence-electron chi connectivity index (χ1n) is 8.96. The van der Waals surface area contributed by atoms with Crippen LogP contribution in [0.1, 0.15) is 40.6 Å². The third-order valence-corrected chi connectivity index (χ3v) is 5.67. The van der Waals surface area contributed by atoms with Gasteiger partial charge in [-0.2, -0.15) is 0 Å². The van der Waals surface area contributed by atoms with E-state index in [0.29, 0.717) is 23.4 Å². The van der Waals surface area contributed by atoms with Crippen LogP contribution in [0, 0.1) is 18.8 Å². The highest BCUT2D eigenvalue weighted by atomic mass is 16.5. The van der Waals surface area contributed by atoms with Crippen molar-refractivity contribution in [1.82, 2.24) is 20.0 Å². The molecule has 7 nitrogen and oxygen atoms in total. The number of hydrogen-bond donors (Lipinski definition) is 0. The Kier molecular flexibility index (Phi) is 3.29. The summed E-state index contributed by atoms with van der Waals surface area (Å²) in [5.74, 6) is 3.37. The lowest BCUT2D eigenvalue weighted by molar-refractivity contribution is 0.0772. The molecule has 1 saturated carbocycles. The first-order chi connectivity index (χ1) is 12.2. The number of nitrogens with zero attached hydrogens (tertiary/aromatic N) is 5. The van der Waals surface area contributed by atoms with Crippen LogP contribution in [0.15, 0.2) is 23.1 Å². The molecule has 0 spiro atoms. The minimum absolute atomic E-state index is 0.00909. The number of rotatable bonds is 3.